The zero-order valence-electron chi connectivity index (χ0n) is 13.2. The number of rotatable bonds is 4. The summed E-state index contributed by atoms with van der Waals surface area (Å²) in [5.74, 6) is 0.923. The fraction of sp³-hybridized carbons (Fsp3) is 0.353. The summed E-state index contributed by atoms with van der Waals surface area (Å²) >= 11 is 0. The number of nitrogens with zero attached hydrogens (tertiary/aromatic N) is 3. The monoisotopic (exact) mass is 312 g/mol. The lowest BCUT2D eigenvalue weighted by Crippen LogP contribution is -2.19. The van der Waals surface area contributed by atoms with Crippen molar-refractivity contribution in [1.29, 1.82) is 0 Å². The van der Waals surface area contributed by atoms with Gasteiger partial charge < -0.3 is 9.64 Å². The Morgan fingerprint density at radius 3 is 2.74 bits per heavy atom. The molecule has 3 rings (SSSR count). The smallest absolute Gasteiger partial charge is 0.411 e. The van der Waals surface area contributed by atoms with E-state index >= 15 is 0 Å². The average molecular weight is 312 g/mol. The van der Waals surface area contributed by atoms with Gasteiger partial charge in [-0.05, 0) is 44.0 Å². The van der Waals surface area contributed by atoms with Crippen LogP contribution in [0.4, 0.5) is 16.3 Å². The molecule has 6 nitrogen and oxygen atoms in total. The molecule has 120 valence electrons. The zero-order valence-corrected chi connectivity index (χ0v) is 13.2. The molecule has 1 fully saturated rings. The van der Waals surface area contributed by atoms with Crippen LogP contribution in [-0.4, -0.2) is 36.0 Å². The Labute approximate surface area is 135 Å². The van der Waals surface area contributed by atoms with E-state index in [1.807, 2.05) is 36.4 Å². The van der Waals surface area contributed by atoms with Gasteiger partial charge in [0.25, 0.3) is 0 Å². The summed E-state index contributed by atoms with van der Waals surface area (Å²) in [6, 6.07) is 11.4. The summed E-state index contributed by atoms with van der Waals surface area (Å²) in [6.07, 6.45) is 1.97. The number of hydrogen-bond donors (Lipinski definition) is 1. The number of benzene rings is 1. The predicted molar refractivity (Wildman–Crippen MR) is 89.6 cm³/mol. The van der Waals surface area contributed by atoms with E-state index in [1.165, 1.54) is 12.8 Å². The van der Waals surface area contributed by atoms with Crippen molar-refractivity contribution in [2.45, 2.75) is 19.8 Å². The van der Waals surface area contributed by atoms with Crippen molar-refractivity contribution in [3.05, 3.63) is 36.4 Å². The van der Waals surface area contributed by atoms with E-state index in [2.05, 4.69) is 20.4 Å². The second kappa shape index (κ2) is 7.09. The first-order valence-corrected chi connectivity index (χ1v) is 7.89. The van der Waals surface area contributed by atoms with Crippen LogP contribution < -0.4 is 10.2 Å². The van der Waals surface area contributed by atoms with Gasteiger partial charge in [0.15, 0.2) is 5.82 Å². The first-order chi connectivity index (χ1) is 11.3. The van der Waals surface area contributed by atoms with E-state index < -0.39 is 6.09 Å². The van der Waals surface area contributed by atoms with Crippen LogP contribution in [0.25, 0.3) is 11.3 Å². The van der Waals surface area contributed by atoms with Crippen LogP contribution in [0.2, 0.25) is 0 Å². The minimum absolute atomic E-state index is 0.342. The van der Waals surface area contributed by atoms with Gasteiger partial charge in [-0.3, -0.25) is 5.32 Å². The number of carbonyl (C=O) groups excluding carboxylic acids is 1. The van der Waals surface area contributed by atoms with E-state index in [0.717, 1.165) is 30.2 Å². The number of carbonyl (C=O) groups is 1. The molecule has 0 saturated carbocycles. The summed E-state index contributed by atoms with van der Waals surface area (Å²) in [5.41, 5.74) is 2.35. The summed E-state index contributed by atoms with van der Waals surface area (Å²) in [5, 5.41) is 11.3. The molecular weight excluding hydrogens is 292 g/mol. The van der Waals surface area contributed by atoms with Gasteiger partial charge in [0.2, 0.25) is 0 Å². The molecule has 1 saturated heterocycles. The number of hydrogen-bond acceptors (Lipinski definition) is 5. The third-order valence-electron chi connectivity index (χ3n) is 3.76. The summed E-state index contributed by atoms with van der Waals surface area (Å²) in [7, 11) is 0. The van der Waals surface area contributed by atoms with E-state index in [1.54, 1.807) is 6.92 Å². The lowest BCUT2D eigenvalue weighted by atomic mass is 10.1. The lowest BCUT2D eigenvalue weighted by molar-refractivity contribution is 0.168. The molecule has 23 heavy (non-hydrogen) atoms. The summed E-state index contributed by atoms with van der Waals surface area (Å²) in [4.78, 5) is 13.7. The predicted octanol–water partition coefficient (Wildman–Crippen LogP) is 3.31. The molecule has 1 aromatic heterocycles. The van der Waals surface area contributed by atoms with Gasteiger partial charge in [0, 0.05) is 24.3 Å². The van der Waals surface area contributed by atoms with Crippen LogP contribution in [0.3, 0.4) is 0 Å². The topological polar surface area (TPSA) is 67.3 Å². The molecule has 1 aliphatic rings. The van der Waals surface area contributed by atoms with Crippen LogP contribution in [0, 0.1) is 0 Å². The third-order valence-corrected chi connectivity index (χ3v) is 3.76. The van der Waals surface area contributed by atoms with Crippen LogP contribution in [0.15, 0.2) is 36.4 Å². The maximum absolute atomic E-state index is 11.5. The third kappa shape index (κ3) is 3.77. The van der Waals surface area contributed by atoms with Crippen molar-refractivity contribution < 1.29 is 9.53 Å². The molecular formula is C17H20N4O2. The van der Waals surface area contributed by atoms with Gasteiger partial charge in [-0.25, -0.2) is 4.79 Å². The minimum Gasteiger partial charge on any atom is -0.450 e. The number of anilines is 2. The van der Waals surface area contributed by atoms with Crippen molar-refractivity contribution in [3.63, 3.8) is 0 Å². The van der Waals surface area contributed by atoms with Crippen molar-refractivity contribution in [1.82, 2.24) is 10.2 Å². The van der Waals surface area contributed by atoms with Crippen LogP contribution in [0.1, 0.15) is 19.8 Å². The molecule has 2 heterocycles. The van der Waals surface area contributed by atoms with Crippen molar-refractivity contribution in [2.24, 2.45) is 0 Å². The Balaban J connectivity index is 1.74. The normalized spacial score (nSPS) is 13.9. The lowest BCUT2D eigenvalue weighted by Gasteiger charge is -2.15. The molecule has 0 spiro atoms. The van der Waals surface area contributed by atoms with Gasteiger partial charge >= 0.3 is 6.09 Å². The fourth-order valence-electron chi connectivity index (χ4n) is 2.64. The number of ether oxygens (including phenoxy) is 1. The Morgan fingerprint density at radius 1 is 1.22 bits per heavy atom. The number of aromatic nitrogens is 2. The first-order valence-electron chi connectivity index (χ1n) is 7.89. The Hall–Kier alpha value is -2.63. The molecule has 0 atom stereocenters. The quantitative estimate of drug-likeness (QED) is 0.938. The molecule has 0 aliphatic carbocycles. The highest BCUT2D eigenvalue weighted by Gasteiger charge is 2.14. The largest absolute Gasteiger partial charge is 0.450 e. The van der Waals surface area contributed by atoms with Crippen molar-refractivity contribution in [3.8, 4) is 11.3 Å². The second-order valence-corrected chi connectivity index (χ2v) is 5.40. The van der Waals surface area contributed by atoms with Crippen molar-refractivity contribution in [2.75, 3.05) is 29.9 Å². The number of nitrogens with one attached hydrogen (secondary N) is 1. The fourth-order valence-corrected chi connectivity index (χ4v) is 2.64. The van der Waals surface area contributed by atoms with Crippen LogP contribution in [-0.2, 0) is 4.74 Å². The van der Waals surface area contributed by atoms with Gasteiger partial charge in [-0.2, -0.15) is 0 Å². The Morgan fingerprint density at radius 2 is 2.04 bits per heavy atom. The minimum atomic E-state index is -0.458. The van der Waals surface area contributed by atoms with Gasteiger partial charge in [0.1, 0.15) is 0 Å². The van der Waals surface area contributed by atoms with Crippen molar-refractivity contribution >= 4 is 17.6 Å². The highest BCUT2D eigenvalue weighted by Crippen LogP contribution is 2.23. The van der Waals surface area contributed by atoms with E-state index in [0.29, 0.717) is 12.3 Å². The number of amides is 1. The maximum Gasteiger partial charge on any atom is 0.411 e. The van der Waals surface area contributed by atoms with E-state index in [9.17, 15) is 4.79 Å². The molecule has 0 radical (unpaired) electrons. The summed E-state index contributed by atoms with van der Waals surface area (Å²) in [6.45, 7) is 4.21. The van der Waals surface area contributed by atoms with Crippen LogP contribution >= 0.6 is 0 Å². The Bertz CT molecular complexity index is 667. The molecule has 1 aromatic carbocycles. The SMILES string of the molecule is CCOC(=O)Nc1cccc(-c2ccc(N3CCCC3)nn2)c1. The van der Waals surface area contributed by atoms with Gasteiger partial charge in [0.05, 0.1) is 12.3 Å². The first kappa shape index (κ1) is 15.3. The molecule has 2 aromatic rings. The highest BCUT2D eigenvalue weighted by atomic mass is 16.5. The molecule has 0 bridgehead atoms. The molecule has 1 aliphatic heterocycles. The van der Waals surface area contributed by atoms with Crippen LogP contribution in [0.5, 0.6) is 0 Å². The molecule has 6 heteroatoms. The Kier molecular flexibility index (Phi) is 4.71. The highest BCUT2D eigenvalue weighted by molar-refractivity contribution is 5.85. The average Bonchev–Trinajstić information content (AvgIpc) is 3.10. The standard InChI is InChI=1S/C17H20N4O2/c1-2-23-17(22)18-14-7-5-6-13(12-14)15-8-9-16(20-19-15)21-10-3-4-11-21/h5-9,12H,2-4,10-11H2,1H3,(H,18,22). The molecule has 1 N–H and O–H groups in total. The van der Waals surface area contributed by atoms with E-state index in [4.69, 9.17) is 4.74 Å². The molecule has 0 unspecified atom stereocenters. The van der Waals surface area contributed by atoms with Gasteiger partial charge in [-0.1, -0.05) is 12.1 Å². The maximum atomic E-state index is 11.5. The van der Waals surface area contributed by atoms with Gasteiger partial charge in [-0.15, -0.1) is 10.2 Å². The zero-order chi connectivity index (χ0) is 16.1. The summed E-state index contributed by atoms with van der Waals surface area (Å²) < 4.78 is 4.88. The molecule has 1 amide bonds. The second-order valence-electron chi connectivity index (χ2n) is 5.40. The van der Waals surface area contributed by atoms with E-state index in [-0.39, 0.29) is 0 Å².